The van der Waals surface area contributed by atoms with Crippen molar-refractivity contribution in [3.05, 3.63) is 36.1 Å². The van der Waals surface area contributed by atoms with Crippen LogP contribution in [0.2, 0.25) is 0 Å². The van der Waals surface area contributed by atoms with Crippen LogP contribution in [-0.2, 0) is 9.53 Å². The zero-order chi connectivity index (χ0) is 20.8. The molecule has 0 saturated heterocycles. The molecule has 2 aliphatic rings. The largest absolute Gasteiger partial charge is 0.513 e. The molecular weight excluding hydrogens is 356 g/mol. The Morgan fingerprint density at radius 1 is 1.43 bits per heavy atom. The van der Waals surface area contributed by atoms with Crippen LogP contribution < -0.4 is 0 Å². The molecule has 0 aromatic rings. The molecule has 0 aromatic carbocycles. The number of rotatable bonds is 9. The van der Waals surface area contributed by atoms with Crippen molar-refractivity contribution in [1.82, 2.24) is 0 Å². The highest BCUT2D eigenvalue weighted by atomic mass is 16.5. The molecule has 0 bridgehead atoms. The highest BCUT2D eigenvalue weighted by Crippen LogP contribution is 2.44. The zero-order valence-corrected chi connectivity index (χ0v) is 17.4. The number of fused-ring (bicyclic) bond motifs is 1. The van der Waals surface area contributed by atoms with Crippen molar-refractivity contribution in [3.8, 4) is 0 Å². The summed E-state index contributed by atoms with van der Waals surface area (Å²) in [6.45, 7) is 9.53. The van der Waals surface area contributed by atoms with Gasteiger partial charge in [0.15, 0.2) is 0 Å². The summed E-state index contributed by atoms with van der Waals surface area (Å²) in [4.78, 5) is 11.9. The molecule has 0 aliphatic heterocycles. The van der Waals surface area contributed by atoms with Gasteiger partial charge in [-0.15, -0.1) is 0 Å². The summed E-state index contributed by atoms with van der Waals surface area (Å²) in [6, 6.07) is 0. The molecule has 5 nitrogen and oxygen atoms in total. The first-order chi connectivity index (χ1) is 13.2. The Labute approximate surface area is 168 Å². The number of esters is 1. The van der Waals surface area contributed by atoms with E-state index in [0.717, 1.165) is 18.4 Å². The summed E-state index contributed by atoms with van der Waals surface area (Å²) >= 11 is 0. The predicted molar refractivity (Wildman–Crippen MR) is 110 cm³/mol. The lowest BCUT2D eigenvalue weighted by Crippen LogP contribution is -2.42. The van der Waals surface area contributed by atoms with E-state index in [1.165, 1.54) is 0 Å². The molecular formula is C23H36O5. The van der Waals surface area contributed by atoms with Crippen molar-refractivity contribution < 1.29 is 24.9 Å². The molecule has 5 heteroatoms. The summed E-state index contributed by atoms with van der Waals surface area (Å²) in [7, 11) is 0. The van der Waals surface area contributed by atoms with Crippen LogP contribution in [0.5, 0.6) is 0 Å². The third-order valence-electron chi connectivity index (χ3n) is 6.08. The van der Waals surface area contributed by atoms with Crippen LogP contribution in [0.15, 0.2) is 36.1 Å². The Hall–Kier alpha value is -1.59. The van der Waals surface area contributed by atoms with Gasteiger partial charge in [-0.3, -0.25) is 4.79 Å². The number of carbonyl (C=O) groups is 1. The average molecular weight is 393 g/mol. The second-order valence-electron chi connectivity index (χ2n) is 8.60. The monoisotopic (exact) mass is 392 g/mol. The van der Waals surface area contributed by atoms with E-state index in [4.69, 9.17) is 4.74 Å². The first-order valence-corrected chi connectivity index (χ1v) is 10.5. The van der Waals surface area contributed by atoms with Crippen LogP contribution in [0.4, 0.5) is 0 Å². The molecule has 7 atom stereocenters. The second-order valence-corrected chi connectivity index (χ2v) is 8.60. The number of aliphatic hydroxyl groups is 3. The minimum atomic E-state index is -0.583. The maximum absolute atomic E-state index is 11.9. The lowest BCUT2D eigenvalue weighted by atomic mass is 9.66. The van der Waals surface area contributed by atoms with E-state index in [0.29, 0.717) is 37.0 Å². The molecule has 3 N–H and O–H groups in total. The molecule has 0 saturated carbocycles. The molecule has 4 unspecified atom stereocenters. The summed E-state index contributed by atoms with van der Waals surface area (Å²) in [5.41, 5.74) is 1.07. The lowest BCUT2D eigenvalue weighted by molar-refractivity contribution is -0.154. The molecule has 28 heavy (non-hydrogen) atoms. The molecule has 0 spiro atoms. The van der Waals surface area contributed by atoms with E-state index in [1.807, 2.05) is 6.08 Å². The Balaban J connectivity index is 2.06. The highest BCUT2D eigenvalue weighted by Gasteiger charge is 2.41. The maximum Gasteiger partial charge on any atom is 0.305 e. The molecule has 0 amide bonds. The van der Waals surface area contributed by atoms with Gasteiger partial charge in [-0.25, -0.2) is 0 Å². The Morgan fingerprint density at radius 3 is 2.79 bits per heavy atom. The van der Waals surface area contributed by atoms with Crippen molar-refractivity contribution in [2.45, 2.75) is 77.6 Å². The van der Waals surface area contributed by atoms with Gasteiger partial charge in [0.1, 0.15) is 6.10 Å². The van der Waals surface area contributed by atoms with Crippen LogP contribution in [0.1, 0.15) is 59.3 Å². The first kappa shape index (κ1) is 22.7. The van der Waals surface area contributed by atoms with E-state index in [-0.39, 0.29) is 30.2 Å². The van der Waals surface area contributed by atoms with Crippen LogP contribution in [0.25, 0.3) is 0 Å². The third kappa shape index (κ3) is 6.21. The quantitative estimate of drug-likeness (QED) is 0.407. The highest BCUT2D eigenvalue weighted by molar-refractivity contribution is 5.69. The number of allylic oxidation sites excluding steroid dienone is 2. The minimum absolute atomic E-state index is 0.0156. The summed E-state index contributed by atoms with van der Waals surface area (Å²) in [6.07, 6.45) is 8.22. The van der Waals surface area contributed by atoms with Crippen LogP contribution in [-0.4, -0.2) is 39.6 Å². The van der Waals surface area contributed by atoms with Crippen molar-refractivity contribution in [3.63, 3.8) is 0 Å². The number of aliphatic hydroxyl groups excluding tert-OH is 3. The Morgan fingerprint density at radius 2 is 2.14 bits per heavy atom. The normalized spacial score (nSPS) is 31.5. The van der Waals surface area contributed by atoms with Crippen LogP contribution in [0, 0.1) is 23.7 Å². The van der Waals surface area contributed by atoms with Crippen molar-refractivity contribution in [2.24, 2.45) is 23.7 Å². The maximum atomic E-state index is 11.9. The van der Waals surface area contributed by atoms with E-state index in [2.05, 4.69) is 32.6 Å². The smallest absolute Gasteiger partial charge is 0.305 e. The Kier molecular flexibility index (Phi) is 8.32. The van der Waals surface area contributed by atoms with Gasteiger partial charge in [0.05, 0.1) is 18.0 Å². The lowest BCUT2D eigenvalue weighted by Gasteiger charge is -2.43. The summed E-state index contributed by atoms with van der Waals surface area (Å²) < 4.78 is 5.72. The van der Waals surface area contributed by atoms with Crippen LogP contribution >= 0.6 is 0 Å². The zero-order valence-electron chi connectivity index (χ0n) is 17.4. The third-order valence-corrected chi connectivity index (χ3v) is 6.08. The van der Waals surface area contributed by atoms with Crippen LogP contribution in [0.3, 0.4) is 0 Å². The van der Waals surface area contributed by atoms with Gasteiger partial charge in [-0.05, 0) is 36.2 Å². The fourth-order valence-electron chi connectivity index (χ4n) is 4.65. The van der Waals surface area contributed by atoms with Gasteiger partial charge >= 0.3 is 5.97 Å². The predicted octanol–water partition coefficient (Wildman–Crippen LogP) is 4.07. The number of hydrogen-bond donors (Lipinski definition) is 3. The average Bonchev–Trinajstić information content (AvgIpc) is 2.60. The van der Waals surface area contributed by atoms with Gasteiger partial charge in [0.2, 0.25) is 0 Å². The molecule has 0 radical (unpaired) electrons. The minimum Gasteiger partial charge on any atom is -0.513 e. The number of ether oxygens (including phenoxy) is 1. The molecule has 0 heterocycles. The summed E-state index contributed by atoms with van der Waals surface area (Å²) in [5.74, 6) is 0.890. The van der Waals surface area contributed by atoms with Gasteiger partial charge in [0.25, 0.3) is 0 Å². The van der Waals surface area contributed by atoms with Gasteiger partial charge in [-0.1, -0.05) is 52.0 Å². The second kappa shape index (κ2) is 10.3. The van der Waals surface area contributed by atoms with Crippen molar-refractivity contribution >= 4 is 5.97 Å². The number of carbonyl (C=O) groups excluding carboxylic acids is 1. The fraction of sp³-hybridized carbons (Fsp3) is 0.696. The van der Waals surface area contributed by atoms with Gasteiger partial charge < -0.3 is 20.1 Å². The standard InChI is InChI=1S/C23H36O5/c1-5-22(27)28-21-13-19(26)12-17-8-7-15(3)20(23(17)21)9-6-14(2)10-18(25)11-16(4)24/h7-8,12,14-15,18-21,23-26H,4-6,9-11,13H2,1-3H3/t14-,15?,18?,19?,20+,21+,23?/m1/s1. The van der Waals surface area contributed by atoms with Crippen molar-refractivity contribution in [2.75, 3.05) is 0 Å². The van der Waals surface area contributed by atoms with E-state index < -0.39 is 12.2 Å². The summed E-state index contributed by atoms with van der Waals surface area (Å²) in [5, 5.41) is 29.5. The number of hydrogen-bond acceptors (Lipinski definition) is 5. The topological polar surface area (TPSA) is 87.0 Å². The Bertz CT molecular complexity index is 608. The molecule has 158 valence electrons. The fourth-order valence-corrected chi connectivity index (χ4v) is 4.65. The van der Waals surface area contributed by atoms with Crippen molar-refractivity contribution in [1.29, 1.82) is 0 Å². The SMILES string of the molecule is C=C(O)CC(O)C[C@H](C)CC[C@H]1C(C)C=CC2=CC(O)C[C@H](OC(=O)CC)C21. The van der Waals surface area contributed by atoms with E-state index in [1.54, 1.807) is 6.92 Å². The molecule has 2 aliphatic carbocycles. The van der Waals surface area contributed by atoms with E-state index >= 15 is 0 Å². The molecule has 0 fully saturated rings. The van der Waals surface area contributed by atoms with Gasteiger partial charge in [-0.2, -0.15) is 0 Å². The molecule has 0 aromatic heterocycles. The first-order valence-electron chi connectivity index (χ1n) is 10.5. The van der Waals surface area contributed by atoms with Gasteiger partial charge in [0, 0.05) is 25.2 Å². The van der Waals surface area contributed by atoms with E-state index in [9.17, 15) is 20.1 Å². The molecule has 2 rings (SSSR count).